The highest BCUT2D eigenvalue weighted by Crippen LogP contribution is 2.29. The topological polar surface area (TPSA) is 105 Å². The number of aromatic nitrogens is 2. The average molecular weight is 440 g/mol. The molecule has 1 aromatic heterocycles. The third-order valence-electron chi connectivity index (χ3n) is 4.95. The van der Waals surface area contributed by atoms with Gasteiger partial charge in [0.15, 0.2) is 0 Å². The van der Waals surface area contributed by atoms with E-state index >= 15 is 0 Å². The first-order valence-electron chi connectivity index (χ1n) is 9.16. The minimum atomic E-state index is -4.50. The highest BCUT2D eigenvalue weighted by atomic mass is 35.5. The maximum absolute atomic E-state index is 12.6. The van der Waals surface area contributed by atoms with E-state index in [2.05, 4.69) is 9.97 Å². The SMILES string of the molecule is CC(N)COC1CCN([C@H]2CCN(c3ncc(C(F)(F)F)cn3)C[C@@H]2O)C1=O.Cl. The Morgan fingerprint density at radius 2 is 1.97 bits per heavy atom. The normalized spacial score (nSPS) is 26.4. The molecule has 8 nitrogen and oxygen atoms in total. The number of piperidine rings is 1. The lowest BCUT2D eigenvalue weighted by atomic mass is 10.0. The summed E-state index contributed by atoms with van der Waals surface area (Å²) in [7, 11) is 0. The summed E-state index contributed by atoms with van der Waals surface area (Å²) in [5.74, 6) is -0.0414. The summed E-state index contributed by atoms with van der Waals surface area (Å²) in [5, 5.41) is 10.5. The number of β-amino-alcohol motifs (C(OH)–C–C–N with tert-alkyl or cyclic N) is 1. The van der Waals surface area contributed by atoms with Crippen molar-refractivity contribution < 1.29 is 27.8 Å². The average Bonchev–Trinajstić information content (AvgIpc) is 3.00. The second-order valence-corrected chi connectivity index (χ2v) is 7.26. The van der Waals surface area contributed by atoms with Crippen LogP contribution in [0.15, 0.2) is 12.4 Å². The number of aliphatic hydroxyl groups excluding tert-OH is 1. The Morgan fingerprint density at radius 1 is 1.31 bits per heavy atom. The second kappa shape index (κ2) is 9.41. The minimum absolute atomic E-state index is 0. The van der Waals surface area contributed by atoms with Gasteiger partial charge >= 0.3 is 6.18 Å². The van der Waals surface area contributed by atoms with Crippen LogP contribution in [-0.2, 0) is 15.7 Å². The molecule has 0 aromatic carbocycles. The third kappa shape index (κ3) is 5.47. The van der Waals surface area contributed by atoms with Crippen LogP contribution < -0.4 is 10.6 Å². The smallest absolute Gasteiger partial charge is 0.389 e. The second-order valence-electron chi connectivity index (χ2n) is 7.26. The molecule has 0 aliphatic carbocycles. The molecule has 3 heterocycles. The molecule has 2 aliphatic heterocycles. The predicted octanol–water partition coefficient (Wildman–Crippen LogP) is 0.821. The first-order valence-corrected chi connectivity index (χ1v) is 9.16. The van der Waals surface area contributed by atoms with E-state index in [4.69, 9.17) is 10.5 Å². The van der Waals surface area contributed by atoms with E-state index < -0.39 is 23.9 Å². The van der Waals surface area contributed by atoms with Crippen LogP contribution in [0.4, 0.5) is 19.1 Å². The van der Waals surface area contributed by atoms with Crippen molar-refractivity contribution in [1.82, 2.24) is 14.9 Å². The Labute approximate surface area is 172 Å². The number of likely N-dealkylation sites (tertiary alicyclic amines) is 1. The Balaban J connectivity index is 0.00000300. The maximum Gasteiger partial charge on any atom is 0.419 e. The van der Waals surface area contributed by atoms with Crippen LogP contribution in [0, 0.1) is 0 Å². The largest absolute Gasteiger partial charge is 0.419 e. The van der Waals surface area contributed by atoms with E-state index in [0.29, 0.717) is 25.9 Å². The van der Waals surface area contributed by atoms with Gasteiger partial charge in [0.1, 0.15) is 6.10 Å². The van der Waals surface area contributed by atoms with E-state index in [1.807, 2.05) is 0 Å². The fourth-order valence-electron chi connectivity index (χ4n) is 3.52. The fourth-order valence-corrected chi connectivity index (χ4v) is 3.52. The van der Waals surface area contributed by atoms with Crippen LogP contribution in [-0.4, -0.2) is 76.4 Å². The van der Waals surface area contributed by atoms with Crippen LogP contribution in [0.3, 0.4) is 0 Å². The van der Waals surface area contributed by atoms with Crippen LogP contribution in [0.2, 0.25) is 0 Å². The van der Waals surface area contributed by atoms with Gasteiger partial charge in [-0.15, -0.1) is 12.4 Å². The van der Waals surface area contributed by atoms with Gasteiger partial charge in [0.2, 0.25) is 5.95 Å². The molecular weight excluding hydrogens is 415 g/mol. The summed E-state index contributed by atoms with van der Waals surface area (Å²) >= 11 is 0. The fraction of sp³-hybridized carbons (Fsp3) is 0.706. The number of alkyl halides is 3. The molecule has 2 aliphatic rings. The van der Waals surface area contributed by atoms with E-state index in [9.17, 15) is 23.1 Å². The number of halogens is 4. The Morgan fingerprint density at radius 3 is 2.52 bits per heavy atom. The predicted molar refractivity (Wildman–Crippen MR) is 101 cm³/mol. The molecule has 12 heteroatoms. The van der Waals surface area contributed by atoms with E-state index in [1.165, 1.54) is 0 Å². The number of anilines is 1. The Hall–Kier alpha value is -1.69. The summed E-state index contributed by atoms with van der Waals surface area (Å²) < 4.78 is 43.4. The number of carbonyl (C=O) groups excluding carboxylic acids is 1. The molecule has 1 amide bonds. The van der Waals surface area contributed by atoms with Crippen molar-refractivity contribution in [3.8, 4) is 0 Å². The molecule has 2 unspecified atom stereocenters. The molecule has 0 saturated carbocycles. The zero-order valence-corrected chi connectivity index (χ0v) is 16.7. The van der Waals surface area contributed by atoms with Crippen molar-refractivity contribution in [2.24, 2.45) is 5.73 Å². The van der Waals surface area contributed by atoms with Gasteiger partial charge in [0.05, 0.1) is 24.3 Å². The molecule has 29 heavy (non-hydrogen) atoms. The molecule has 164 valence electrons. The third-order valence-corrected chi connectivity index (χ3v) is 4.95. The zero-order chi connectivity index (χ0) is 20.5. The highest BCUT2D eigenvalue weighted by molar-refractivity contribution is 5.85. The molecule has 2 saturated heterocycles. The first kappa shape index (κ1) is 23.6. The molecule has 0 radical (unpaired) electrons. The Kier molecular flexibility index (Phi) is 7.66. The molecular formula is C17H25ClF3N5O3. The maximum atomic E-state index is 12.6. The number of amides is 1. The van der Waals surface area contributed by atoms with Crippen LogP contribution in [0.25, 0.3) is 0 Å². The van der Waals surface area contributed by atoms with Crippen molar-refractivity contribution >= 4 is 24.3 Å². The molecule has 0 bridgehead atoms. The van der Waals surface area contributed by atoms with Crippen molar-refractivity contribution in [2.45, 2.75) is 50.2 Å². The van der Waals surface area contributed by atoms with Crippen molar-refractivity contribution in [3.05, 3.63) is 18.0 Å². The standard InChI is InChI=1S/C17H24F3N5O3.ClH/c1-10(21)9-28-14-3-5-25(15(14)27)12-2-4-24(8-13(12)26)16-22-6-11(7-23-16)17(18,19)20;/h6-7,10,12-14,26H,2-5,8-9,21H2,1H3;1H/t10?,12-,13-,14?;/m0./s1. The van der Waals surface area contributed by atoms with Gasteiger partial charge in [0.25, 0.3) is 5.91 Å². The quantitative estimate of drug-likeness (QED) is 0.699. The van der Waals surface area contributed by atoms with Crippen LogP contribution in [0.5, 0.6) is 0 Å². The number of nitrogens with two attached hydrogens (primary N) is 1. The van der Waals surface area contributed by atoms with E-state index in [-0.39, 0.29) is 49.5 Å². The monoisotopic (exact) mass is 439 g/mol. The minimum Gasteiger partial charge on any atom is -0.389 e. The summed E-state index contributed by atoms with van der Waals surface area (Å²) in [6.45, 7) is 3.12. The first-order chi connectivity index (χ1) is 13.2. The van der Waals surface area contributed by atoms with Gasteiger partial charge in [-0.25, -0.2) is 9.97 Å². The van der Waals surface area contributed by atoms with Crippen molar-refractivity contribution in [2.75, 3.05) is 31.1 Å². The molecule has 4 atom stereocenters. The summed E-state index contributed by atoms with van der Waals surface area (Å²) in [6.07, 6.45) is -3.46. The molecule has 3 rings (SSSR count). The van der Waals surface area contributed by atoms with Crippen molar-refractivity contribution in [1.29, 1.82) is 0 Å². The van der Waals surface area contributed by atoms with Crippen LogP contribution in [0.1, 0.15) is 25.3 Å². The Bertz CT molecular complexity index is 692. The summed E-state index contributed by atoms with van der Waals surface area (Å²) in [6, 6.07) is -0.540. The lowest BCUT2D eigenvalue weighted by Gasteiger charge is -2.40. The molecule has 0 spiro atoms. The number of carbonyl (C=O) groups is 1. The zero-order valence-electron chi connectivity index (χ0n) is 15.9. The lowest BCUT2D eigenvalue weighted by Crippen LogP contribution is -2.55. The van der Waals surface area contributed by atoms with Crippen LogP contribution >= 0.6 is 12.4 Å². The molecule has 1 aromatic rings. The van der Waals surface area contributed by atoms with Gasteiger partial charge < -0.3 is 25.4 Å². The van der Waals surface area contributed by atoms with Crippen molar-refractivity contribution in [3.63, 3.8) is 0 Å². The molecule has 3 N–H and O–H groups in total. The van der Waals surface area contributed by atoms with E-state index in [1.54, 1.807) is 16.7 Å². The highest BCUT2D eigenvalue weighted by Gasteiger charge is 2.41. The van der Waals surface area contributed by atoms with Gasteiger partial charge in [-0.2, -0.15) is 13.2 Å². The van der Waals surface area contributed by atoms with E-state index in [0.717, 1.165) is 12.4 Å². The van der Waals surface area contributed by atoms with Gasteiger partial charge in [-0.3, -0.25) is 4.79 Å². The number of hydrogen-bond acceptors (Lipinski definition) is 7. The number of rotatable bonds is 5. The van der Waals surface area contributed by atoms with Gasteiger partial charge in [0, 0.05) is 44.5 Å². The summed E-state index contributed by atoms with van der Waals surface area (Å²) in [4.78, 5) is 23.3. The van der Waals surface area contributed by atoms with Gasteiger partial charge in [-0.1, -0.05) is 0 Å². The summed E-state index contributed by atoms with van der Waals surface area (Å²) in [5.41, 5.74) is 4.73. The number of ether oxygens (including phenoxy) is 1. The number of aliphatic hydroxyl groups is 1. The van der Waals surface area contributed by atoms with Gasteiger partial charge in [-0.05, 0) is 13.3 Å². The number of hydrogen-bond donors (Lipinski definition) is 2. The lowest BCUT2D eigenvalue weighted by molar-refractivity contribution is -0.141. The number of nitrogens with zero attached hydrogens (tertiary/aromatic N) is 4. The molecule has 2 fully saturated rings.